The summed E-state index contributed by atoms with van der Waals surface area (Å²) in [6.07, 6.45) is 5.70. The quantitative estimate of drug-likeness (QED) is 0.155. The van der Waals surface area contributed by atoms with Crippen LogP contribution in [0.15, 0.2) is 78.9 Å². The second kappa shape index (κ2) is 11.6. The molecule has 0 heterocycles. The fourth-order valence-electron chi connectivity index (χ4n) is 4.40. The van der Waals surface area contributed by atoms with Crippen molar-refractivity contribution in [3.8, 4) is 28.4 Å². The molecule has 4 heteroatoms. The van der Waals surface area contributed by atoms with Gasteiger partial charge in [-0.15, -0.1) is 0 Å². The molecule has 180 valence electrons. The maximum Gasteiger partial charge on any atom is 0.119 e. The topological polar surface area (TPSA) is 73.5 Å². The number of phenolic OH excluding ortho intramolecular Hbond substituents is 2. The molecule has 0 bridgehead atoms. The van der Waals surface area contributed by atoms with Crippen LogP contribution in [0.1, 0.15) is 50.2 Å². The van der Waals surface area contributed by atoms with Gasteiger partial charge < -0.3 is 20.4 Å². The van der Waals surface area contributed by atoms with Gasteiger partial charge in [-0.25, -0.2) is 0 Å². The summed E-state index contributed by atoms with van der Waals surface area (Å²) in [6, 6.07) is 25.0. The third kappa shape index (κ3) is 6.42. The van der Waals surface area contributed by atoms with Crippen molar-refractivity contribution in [2.24, 2.45) is 0 Å². The Bertz CT molecular complexity index is 1280. The first-order chi connectivity index (χ1) is 17.0. The first kappa shape index (κ1) is 24.3. The molecular weight excluding hydrogens is 434 g/mol. The lowest BCUT2D eigenvalue weighted by molar-refractivity contribution is 0.328. The Balaban J connectivity index is 1.51. The Hall–Kier alpha value is -3.79. The Kier molecular flexibility index (Phi) is 8.04. The van der Waals surface area contributed by atoms with Gasteiger partial charge in [0.2, 0.25) is 0 Å². The predicted molar refractivity (Wildman–Crippen MR) is 144 cm³/mol. The fourth-order valence-corrected chi connectivity index (χ4v) is 4.40. The lowest BCUT2D eigenvalue weighted by Crippen LogP contribution is -2.05. The van der Waals surface area contributed by atoms with E-state index >= 15 is 0 Å². The summed E-state index contributed by atoms with van der Waals surface area (Å²) < 4.78 is 5.88. The number of fused-ring (bicyclic) bond motifs is 1. The van der Waals surface area contributed by atoms with Crippen molar-refractivity contribution >= 4 is 16.5 Å². The highest BCUT2D eigenvalue weighted by Gasteiger charge is 2.12. The van der Waals surface area contributed by atoms with Gasteiger partial charge in [0.1, 0.15) is 17.2 Å². The zero-order valence-electron chi connectivity index (χ0n) is 20.3. The molecule has 4 aromatic rings. The van der Waals surface area contributed by atoms with E-state index < -0.39 is 0 Å². The Morgan fingerprint density at radius 2 is 1.54 bits per heavy atom. The third-order valence-corrected chi connectivity index (χ3v) is 6.35. The van der Waals surface area contributed by atoms with E-state index in [4.69, 9.17) is 10.1 Å². The number of nitrogens with one attached hydrogen (secondary N) is 1. The molecule has 0 aliphatic heterocycles. The molecule has 0 saturated heterocycles. The van der Waals surface area contributed by atoms with Crippen LogP contribution in [0.25, 0.3) is 21.9 Å². The van der Waals surface area contributed by atoms with E-state index in [0.29, 0.717) is 13.0 Å². The lowest BCUT2D eigenvalue weighted by atomic mass is 9.90. The van der Waals surface area contributed by atoms with Gasteiger partial charge in [0, 0.05) is 12.1 Å². The Labute approximate surface area is 207 Å². The van der Waals surface area contributed by atoms with Crippen LogP contribution in [0.4, 0.5) is 0 Å². The zero-order valence-corrected chi connectivity index (χ0v) is 20.3. The van der Waals surface area contributed by atoms with Crippen molar-refractivity contribution < 1.29 is 14.9 Å². The van der Waals surface area contributed by atoms with Gasteiger partial charge in [0.25, 0.3) is 0 Å². The van der Waals surface area contributed by atoms with Crippen molar-refractivity contribution in [1.82, 2.24) is 0 Å². The summed E-state index contributed by atoms with van der Waals surface area (Å²) in [5.74, 6) is 1.31. The number of phenols is 2. The van der Waals surface area contributed by atoms with Crippen LogP contribution in [-0.4, -0.2) is 22.5 Å². The number of unbranched alkanes of at least 4 members (excludes halogenated alkanes) is 2. The molecule has 35 heavy (non-hydrogen) atoms. The van der Waals surface area contributed by atoms with Crippen LogP contribution in [0.5, 0.6) is 17.2 Å². The highest BCUT2D eigenvalue weighted by Crippen LogP contribution is 2.34. The monoisotopic (exact) mass is 467 g/mol. The molecule has 0 unspecified atom stereocenters. The average Bonchev–Trinajstić information content (AvgIpc) is 2.86. The standard InChI is InChI=1S/C31H33NO3/c1-2-3-4-5-25(32)18-19-35-28-14-6-22(7-15-28)20-31-29(23-8-11-26(33)12-9-23)16-10-24-21-27(34)13-17-30(24)31/h6-17,21,32-34H,2-5,18-20H2,1H3. The minimum Gasteiger partial charge on any atom is -0.508 e. The number of benzene rings is 4. The first-order valence-electron chi connectivity index (χ1n) is 12.4. The summed E-state index contributed by atoms with van der Waals surface area (Å²) >= 11 is 0. The summed E-state index contributed by atoms with van der Waals surface area (Å²) in [7, 11) is 0. The minimum absolute atomic E-state index is 0.243. The van der Waals surface area contributed by atoms with E-state index in [9.17, 15) is 10.2 Å². The molecule has 0 aliphatic rings. The van der Waals surface area contributed by atoms with E-state index in [1.807, 2.05) is 36.4 Å². The van der Waals surface area contributed by atoms with Gasteiger partial charge in [0.05, 0.1) is 6.61 Å². The third-order valence-electron chi connectivity index (χ3n) is 6.35. The second-order valence-electron chi connectivity index (χ2n) is 9.02. The summed E-state index contributed by atoms with van der Waals surface area (Å²) in [5, 5.41) is 29.8. The van der Waals surface area contributed by atoms with E-state index in [2.05, 4.69) is 25.1 Å². The fraction of sp³-hybridized carbons (Fsp3) is 0.258. The van der Waals surface area contributed by atoms with E-state index in [-0.39, 0.29) is 11.5 Å². The molecule has 0 spiro atoms. The second-order valence-corrected chi connectivity index (χ2v) is 9.02. The lowest BCUT2D eigenvalue weighted by Gasteiger charge is -2.15. The number of hydrogen-bond donors (Lipinski definition) is 3. The van der Waals surface area contributed by atoms with Crippen molar-refractivity contribution in [2.45, 2.75) is 45.4 Å². The van der Waals surface area contributed by atoms with Crippen LogP contribution in [0.3, 0.4) is 0 Å². The summed E-state index contributed by atoms with van der Waals surface area (Å²) in [5.41, 5.74) is 5.23. The summed E-state index contributed by atoms with van der Waals surface area (Å²) in [4.78, 5) is 0. The normalized spacial score (nSPS) is 11.0. The molecule has 4 rings (SSSR count). The number of ether oxygens (including phenoxy) is 1. The molecule has 0 aromatic heterocycles. The molecule has 0 amide bonds. The van der Waals surface area contributed by atoms with Crippen molar-refractivity contribution in [2.75, 3.05) is 6.61 Å². The maximum absolute atomic E-state index is 9.96. The van der Waals surface area contributed by atoms with Gasteiger partial charge in [-0.05, 0) is 88.7 Å². The largest absolute Gasteiger partial charge is 0.508 e. The van der Waals surface area contributed by atoms with Gasteiger partial charge in [0.15, 0.2) is 0 Å². The van der Waals surface area contributed by atoms with E-state index in [0.717, 1.165) is 58.2 Å². The number of rotatable bonds is 11. The van der Waals surface area contributed by atoms with Gasteiger partial charge >= 0.3 is 0 Å². The Morgan fingerprint density at radius 1 is 0.800 bits per heavy atom. The van der Waals surface area contributed by atoms with Gasteiger partial charge in [-0.2, -0.15) is 0 Å². The molecule has 0 saturated carbocycles. The first-order valence-corrected chi connectivity index (χ1v) is 12.4. The van der Waals surface area contributed by atoms with Crippen LogP contribution >= 0.6 is 0 Å². The molecule has 4 nitrogen and oxygen atoms in total. The van der Waals surface area contributed by atoms with E-state index in [1.165, 1.54) is 18.4 Å². The molecular formula is C31H33NO3. The molecule has 0 aliphatic carbocycles. The molecule has 4 aromatic carbocycles. The SMILES string of the molecule is CCCCCC(=N)CCOc1ccc(Cc2c(-c3ccc(O)cc3)ccc3cc(O)ccc23)cc1. The minimum atomic E-state index is 0.243. The van der Waals surface area contributed by atoms with Crippen LogP contribution < -0.4 is 4.74 Å². The molecule has 3 N–H and O–H groups in total. The summed E-state index contributed by atoms with van der Waals surface area (Å²) in [6.45, 7) is 2.71. The smallest absolute Gasteiger partial charge is 0.119 e. The van der Waals surface area contributed by atoms with Crippen molar-refractivity contribution in [3.63, 3.8) is 0 Å². The number of hydrogen-bond acceptors (Lipinski definition) is 4. The Morgan fingerprint density at radius 3 is 2.29 bits per heavy atom. The van der Waals surface area contributed by atoms with Crippen LogP contribution in [0.2, 0.25) is 0 Å². The maximum atomic E-state index is 9.96. The van der Waals surface area contributed by atoms with Crippen LogP contribution in [-0.2, 0) is 6.42 Å². The van der Waals surface area contributed by atoms with Gasteiger partial charge in [-0.3, -0.25) is 0 Å². The molecule has 0 atom stereocenters. The molecule has 0 radical (unpaired) electrons. The highest BCUT2D eigenvalue weighted by molar-refractivity contribution is 5.93. The highest BCUT2D eigenvalue weighted by atomic mass is 16.5. The van der Waals surface area contributed by atoms with Crippen molar-refractivity contribution in [3.05, 3.63) is 90.0 Å². The predicted octanol–water partition coefficient (Wildman–Crippen LogP) is 7.88. The van der Waals surface area contributed by atoms with Gasteiger partial charge in [-0.1, -0.05) is 62.2 Å². The number of aromatic hydroxyl groups is 2. The molecule has 0 fully saturated rings. The van der Waals surface area contributed by atoms with Crippen molar-refractivity contribution in [1.29, 1.82) is 5.41 Å². The van der Waals surface area contributed by atoms with E-state index in [1.54, 1.807) is 24.3 Å². The van der Waals surface area contributed by atoms with Crippen LogP contribution in [0, 0.1) is 5.41 Å². The zero-order chi connectivity index (χ0) is 24.6. The average molecular weight is 468 g/mol.